The number of nitrogens with zero attached hydrogens (tertiary/aromatic N) is 1. The Morgan fingerprint density at radius 3 is 2.31 bits per heavy atom. The molecule has 4 nitrogen and oxygen atoms in total. The van der Waals surface area contributed by atoms with E-state index in [0.29, 0.717) is 13.1 Å². The molecule has 0 aliphatic rings. The Bertz CT molecular complexity index is 470. The standard InChI is InChI=1S/C10H15FN2O2S/c1-3-13(4-2)16(14,15)10-6-5-8(11)7-9(10)12/h5-7H,3-4,12H2,1-2H3. The van der Waals surface area contributed by atoms with Crippen molar-refractivity contribution in [1.82, 2.24) is 4.31 Å². The zero-order valence-electron chi connectivity index (χ0n) is 9.27. The zero-order chi connectivity index (χ0) is 12.3. The summed E-state index contributed by atoms with van der Waals surface area (Å²) in [5, 5.41) is 0. The van der Waals surface area contributed by atoms with Crippen molar-refractivity contribution < 1.29 is 12.8 Å². The first-order chi connectivity index (χ1) is 7.43. The number of rotatable bonds is 4. The summed E-state index contributed by atoms with van der Waals surface area (Å²) in [6.07, 6.45) is 0. The third-order valence-corrected chi connectivity index (χ3v) is 4.42. The number of anilines is 1. The van der Waals surface area contributed by atoms with Gasteiger partial charge in [-0.3, -0.25) is 0 Å². The van der Waals surface area contributed by atoms with E-state index in [1.807, 2.05) is 0 Å². The van der Waals surface area contributed by atoms with Crippen LogP contribution < -0.4 is 5.73 Å². The number of halogens is 1. The largest absolute Gasteiger partial charge is 0.398 e. The van der Waals surface area contributed by atoms with Crippen LogP contribution in [-0.2, 0) is 10.0 Å². The van der Waals surface area contributed by atoms with Crippen LogP contribution >= 0.6 is 0 Å². The summed E-state index contributed by atoms with van der Waals surface area (Å²) in [4.78, 5) is -0.0439. The molecule has 0 fully saturated rings. The van der Waals surface area contributed by atoms with Crippen LogP contribution in [0.2, 0.25) is 0 Å². The van der Waals surface area contributed by atoms with Gasteiger partial charge in [0.05, 0.1) is 5.69 Å². The minimum atomic E-state index is -3.61. The lowest BCUT2D eigenvalue weighted by atomic mass is 10.3. The highest BCUT2D eigenvalue weighted by molar-refractivity contribution is 7.89. The number of hydrogen-bond donors (Lipinski definition) is 1. The average Bonchev–Trinajstić information content (AvgIpc) is 2.18. The fourth-order valence-electron chi connectivity index (χ4n) is 1.46. The molecule has 0 heterocycles. The fraction of sp³-hybridized carbons (Fsp3) is 0.400. The Morgan fingerprint density at radius 2 is 1.88 bits per heavy atom. The van der Waals surface area contributed by atoms with Crippen molar-refractivity contribution in [2.45, 2.75) is 18.7 Å². The minimum Gasteiger partial charge on any atom is -0.398 e. The third kappa shape index (κ3) is 2.33. The lowest BCUT2D eigenvalue weighted by molar-refractivity contribution is 0.445. The first kappa shape index (κ1) is 12.9. The van der Waals surface area contributed by atoms with Crippen LogP contribution in [0.5, 0.6) is 0 Å². The zero-order valence-corrected chi connectivity index (χ0v) is 10.1. The highest BCUT2D eigenvalue weighted by Crippen LogP contribution is 2.22. The number of benzene rings is 1. The topological polar surface area (TPSA) is 63.4 Å². The highest BCUT2D eigenvalue weighted by Gasteiger charge is 2.23. The molecule has 0 radical (unpaired) electrons. The molecule has 0 amide bonds. The Morgan fingerprint density at radius 1 is 1.31 bits per heavy atom. The normalized spacial score (nSPS) is 12.0. The van der Waals surface area contributed by atoms with Crippen molar-refractivity contribution in [3.8, 4) is 0 Å². The molecule has 1 aromatic carbocycles. The SMILES string of the molecule is CCN(CC)S(=O)(=O)c1ccc(F)cc1N. The van der Waals surface area contributed by atoms with Crippen molar-refractivity contribution in [2.75, 3.05) is 18.8 Å². The van der Waals surface area contributed by atoms with E-state index in [1.165, 1.54) is 10.4 Å². The molecule has 0 saturated heterocycles. The van der Waals surface area contributed by atoms with Crippen LogP contribution in [0, 0.1) is 5.82 Å². The van der Waals surface area contributed by atoms with Crippen LogP contribution in [0.1, 0.15) is 13.8 Å². The smallest absolute Gasteiger partial charge is 0.245 e. The molecule has 0 unspecified atom stereocenters. The fourth-order valence-corrected chi connectivity index (χ4v) is 3.01. The second-order valence-corrected chi connectivity index (χ2v) is 5.18. The molecular formula is C10H15FN2O2S. The van der Waals surface area contributed by atoms with Crippen molar-refractivity contribution in [2.24, 2.45) is 0 Å². The third-order valence-electron chi connectivity index (χ3n) is 2.30. The number of hydrogen-bond acceptors (Lipinski definition) is 3. The highest BCUT2D eigenvalue weighted by atomic mass is 32.2. The van der Waals surface area contributed by atoms with Crippen LogP contribution in [0.3, 0.4) is 0 Å². The maximum atomic E-state index is 12.8. The van der Waals surface area contributed by atoms with Gasteiger partial charge in [-0.25, -0.2) is 12.8 Å². The Kier molecular flexibility index (Phi) is 3.88. The lowest BCUT2D eigenvalue weighted by Gasteiger charge is -2.19. The van der Waals surface area contributed by atoms with Gasteiger partial charge in [-0.2, -0.15) is 4.31 Å². The van der Waals surface area contributed by atoms with E-state index in [2.05, 4.69) is 0 Å². The number of sulfonamides is 1. The van der Waals surface area contributed by atoms with Gasteiger partial charge in [0.1, 0.15) is 10.7 Å². The summed E-state index contributed by atoms with van der Waals surface area (Å²) >= 11 is 0. The van der Waals surface area contributed by atoms with Crippen LogP contribution in [0.4, 0.5) is 10.1 Å². The number of nitrogens with two attached hydrogens (primary N) is 1. The summed E-state index contributed by atoms with van der Waals surface area (Å²) in [7, 11) is -3.61. The maximum absolute atomic E-state index is 12.8. The molecule has 1 aromatic rings. The van der Waals surface area contributed by atoms with Gasteiger partial charge in [-0.1, -0.05) is 13.8 Å². The van der Waals surface area contributed by atoms with Gasteiger partial charge in [0.2, 0.25) is 10.0 Å². The van der Waals surface area contributed by atoms with Gasteiger partial charge < -0.3 is 5.73 Å². The van der Waals surface area contributed by atoms with Crippen molar-refractivity contribution in [1.29, 1.82) is 0 Å². The summed E-state index contributed by atoms with van der Waals surface area (Å²) < 4.78 is 38.2. The van der Waals surface area contributed by atoms with Crippen LogP contribution in [0.15, 0.2) is 23.1 Å². The van der Waals surface area contributed by atoms with Gasteiger partial charge >= 0.3 is 0 Å². The van der Waals surface area contributed by atoms with E-state index in [4.69, 9.17) is 5.73 Å². The maximum Gasteiger partial charge on any atom is 0.245 e. The molecule has 1 rings (SSSR count). The lowest BCUT2D eigenvalue weighted by Crippen LogP contribution is -2.31. The monoisotopic (exact) mass is 246 g/mol. The van der Waals surface area contributed by atoms with Crippen molar-refractivity contribution >= 4 is 15.7 Å². The van der Waals surface area contributed by atoms with Crippen LogP contribution in [0.25, 0.3) is 0 Å². The first-order valence-corrected chi connectivity index (χ1v) is 6.42. The molecule has 90 valence electrons. The van der Waals surface area contributed by atoms with E-state index < -0.39 is 15.8 Å². The molecule has 0 aliphatic carbocycles. The molecule has 16 heavy (non-hydrogen) atoms. The molecule has 0 bridgehead atoms. The summed E-state index contributed by atoms with van der Waals surface area (Å²) in [6, 6.07) is 3.29. The number of nitrogen functional groups attached to an aromatic ring is 1. The molecular weight excluding hydrogens is 231 g/mol. The molecule has 0 spiro atoms. The molecule has 2 N–H and O–H groups in total. The van der Waals surface area contributed by atoms with E-state index in [-0.39, 0.29) is 10.6 Å². The van der Waals surface area contributed by atoms with Crippen molar-refractivity contribution in [3.05, 3.63) is 24.0 Å². The van der Waals surface area contributed by atoms with E-state index in [1.54, 1.807) is 13.8 Å². The first-order valence-electron chi connectivity index (χ1n) is 4.98. The van der Waals surface area contributed by atoms with Gasteiger partial charge in [-0.05, 0) is 18.2 Å². The molecule has 0 saturated carbocycles. The molecule has 6 heteroatoms. The van der Waals surface area contributed by atoms with Crippen LogP contribution in [-0.4, -0.2) is 25.8 Å². The average molecular weight is 246 g/mol. The van der Waals surface area contributed by atoms with Gasteiger partial charge in [-0.15, -0.1) is 0 Å². The summed E-state index contributed by atoms with van der Waals surface area (Å²) in [6.45, 7) is 4.19. The van der Waals surface area contributed by atoms with Gasteiger partial charge in [0.15, 0.2) is 0 Å². The van der Waals surface area contributed by atoms with Gasteiger partial charge in [0, 0.05) is 13.1 Å². The summed E-state index contributed by atoms with van der Waals surface area (Å²) in [5.41, 5.74) is 5.45. The van der Waals surface area contributed by atoms with Gasteiger partial charge in [0.25, 0.3) is 0 Å². The quantitative estimate of drug-likeness (QED) is 0.818. The van der Waals surface area contributed by atoms with E-state index >= 15 is 0 Å². The predicted molar refractivity (Wildman–Crippen MR) is 60.9 cm³/mol. The molecule has 0 aliphatic heterocycles. The molecule has 0 aromatic heterocycles. The molecule has 0 atom stereocenters. The Balaban J connectivity index is 3.27. The second-order valence-electron chi connectivity index (χ2n) is 3.27. The predicted octanol–water partition coefficient (Wildman–Crippen LogP) is 1.44. The van der Waals surface area contributed by atoms with E-state index in [0.717, 1.165) is 12.1 Å². The Labute approximate surface area is 94.9 Å². The summed E-state index contributed by atoms with van der Waals surface area (Å²) in [5.74, 6) is -0.545. The van der Waals surface area contributed by atoms with E-state index in [9.17, 15) is 12.8 Å². The second kappa shape index (κ2) is 4.80. The van der Waals surface area contributed by atoms with Crippen molar-refractivity contribution in [3.63, 3.8) is 0 Å². The Hall–Kier alpha value is -1.14. The minimum absolute atomic E-state index is 0.0439.